The molecular weight excluding hydrogens is 240 g/mol. The molecule has 0 radical (unpaired) electrons. The lowest BCUT2D eigenvalue weighted by molar-refractivity contribution is 0.100. The van der Waals surface area contributed by atoms with Crippen molar-refractivity contribution >= 4 is 11.9 Å². The summed E-state index contributed by atoms with van der Waals surface area (Å²) in [7, 11) is 0. The van der Waals surface area contributed by atoms with Crippen molar-refractivity contribution in [3.8, 4) is 0 Å². The number of primary amides is 1. The van der Waals surface area contributed by atoms with Crippen LogP contribution < -0.4 is 16.4 Å². The highest BCUT2D eigenvalue weighted by atomic mass is 16.1. The van der Waals surface area contributed by atoms with Gasteiger partial charge in [0.2, 0.25) is 5.91 Å². The average molecular weight is 260 g/mol. The number of aliphatic imine (C=N–C) groups is 1. The smallest absolute Gasteiger partial charge is 0.248 e. The lowest BCUT2D eigenvalue weighted by Crippen LogP contribution is -2.37. The minimum absolute atomic E-state index is 0.420. The van der Waals surface area contributed by atoms with Gasteiger partial charge in [0.25, 0.3) is 0 Å². The van der Waals surface area contributed by atoms with Gasteiger partial charge < -0.3 is 16.4 Å². The Balaban J connectivity index is 2.65. The van der Waals surface area contributed by atoms with Gasteiger partial charge in [0, 0.05) is 18.7 Å². The monoisotopic (exact) mass is 260 g/mol. The molecule has 0 fully saturated rings. The van der Waals surface area contributed by atoms with Gasteiger partial charge in [0.15, 0.2) is 5.96 Å². The maximum absolute atomic E-state index is 10.9. The molecule has 102 valence electrons. The van der Waals surface area contributed by atoms with Crippen LogP contribution in [0.15, 0.2) is 41.9 Å². The lowest BCUT2D eigenvalue weighted by atomic mass is 10.1. The molecular formula is C14H20N4O. The van der Waals surface area contributed by atoms with Crippen LogP contribution in [0.25, 0.3) is 0 Å². The van der Waals surface area contributed by atoms with Gasteiger partial charge in [-0.15, -0.1) is 6.58 Å². The normalized spacial score (nSPS) is 10.9. The van der Waals surface area contributed by atoms with Crippen LogP contribution >= 0.6 is 0 Å². The molecule has 0 unspecified atom stereocenters. The second-order valence-electron chi connectivity index (χ2n) is 3.93. The maximum atomic E-state index is 10.9. The fourth-order valence-electron chi connectivity index (χ4n) is 1.46. The van der Waals surface area contributed by atoms with E-state index in [1.165, 1.54) is 0 Å². The Bertz CT molecular complexity index is 451. The summed E-state index contributed by atoms with van der Waals surface area (Å²) < 4.78 is 0. The van der Waals surface area contributed by atoms with Crippen molar-refractivity contribution in [3.05, 3.63) is 48.0 Å². The second kappa shape index (κ2) is 7.92. The van der Waals surface area contributed by atoms with Crippen molar-refractivity contribution < 1.29 is 4.79 Å². The third-order valence-electron chi connectivity index (χ3n) is 2.42. The second-order valence-corrected chi connectivity index (χ2v) is 3.93. The van der Waals surface area contributed by atoms with E-state index >= 15 is 0 Å². The first-order valence-electron chi connectivity index (χ1n) is 6.19. The SMILES string of the molecule is C=CCNC(=NCc1ccc(C(N)=O)cc1)NCC. The minimum Gasteiger partial charge on any atom is -0.366 e. The molecule has 1 amide bonds. The highest BCUT2D eigenvalue weighted by Crippen LogP contribution is 2.05. The molecule has 1 aromatic rings. The van der Waals surface area contributed by atoms with Gasteiger partial charge >= 0.3 is 0 Å². The number of hydrogen-bond acceptors (Lipinski definition) is 2. The number of carbonyl (C=O) groups excluding carboxylic acids is 1. The van der Waals surface area contributed by atoms with Crippen LogP contribution in [0, 0.1) is 0 Å². The van der Waals surface area contributed by atoms with Crippen molar-refractivity contribution in [2.24, 2.45) is 10.7 Å². The Kier molecular flexibility index (Phi) is 6.15. The van der Waals surface area contributed by atoms with Crippen LogP contribution in [0.1, 0.15) is 22.8 Å². The number of rotatable bonds is 6. The minimum atomic E-state index is -0.420. The molecule has 0 atom stereocenters. The summed E-state index contributed by atoms with van der Waals surface area (Å²) in [5, 5.41) is 6.25. The van der Waals surface area contributed by atoms with E-state index in [9.17, 15) is 4.79 Å². The molecule has 1 aromatic carbocycles. The van der Waals surface area contributed by atoms with Crippen LogP contribution in [0.5, 0.6) is 0 Å². The van der Waals surface area contributed by atoms with Crippen molar-refractivity contribution in [1.82, 2.24) is 10.6 Å². The summed E-state index contributed by atoms with van der Waals surface area (Å²) in [6, 6.07) is 7.11. The molecule has 1 rings (SSSR count). The van der Waals surface area contributed by atoms with E-state index in [1.807, 2.05) is 19.1 Å². The molecule has 0 spiro atoms. The molecule has 0 aromatic heterocycles. The van der Waals surface area contributed by atoms with E-state index in [2.05, 4.69) is 22.2 Å². The molecule has 0 aliphatic heterocycles. The van der Waals surface area contributed by atoms with Crippen LogP contribution in [-0.4, -0.2) is 25.0 Å². The van der Waals surface area contributed by atoms with E-state index in [-0.39, 0.29) is 0 Å². The molecule has 0 heterocycles. The number of guanidine groups is 1. The molecule has 5 heteroatoms. The van der Waals surface area contributed by atoms with Crippen LogP contribution in [-0.2, 0) is 6.54 Å². The first-order chi connectivity index (χ1) is 9.17. The molecule has 0 aliphatic rings. The number of nitrogens with zero attached hydrogens (tertiary/aromatic N) is 1. The summed E-state index contributed by atoms with van der Waals surface area (Å²) in [5.74, 6) is 0.317. The number of carbonyl (C=O) groups is 1. The van der Waals surface area contributed by atoms with Crippen molar-refractivity contribution in [1.29, 1.82) is 0 Å². The van der Waals surface area contributed by atoms with Crippen molar-refractivity contribution in [3.63, 3.8) is 0 Å². The summed E-state index contributed by atoms with van der Waals surface area (Å²) in [4.78, 5) is 15.4. The Hall–Kier alpha value is -2.30. The average Bonchev–Trinajstić information content (AvgIpc) is 2.42. The third-order valence-corrected chi connectivity index (χ3v) is 2.42. The molecule has 0 saturated carbocycles. The molecule has 0 saturated heterocycles. The van der Waals surface area contributed by atoms with Crippen LogP contribution in [0.2, 0.25) is 0 Å². The van der Waals surface area contributed by atoms with Gasteiger partial charge in [-0.05, 0) is 24.6 Å². The predicted octanol–water partition coefficient (Wildman–Crippen LogP) is 1.03. The zero-order valence-electron chi connectivity index (χ0n) is 11.1. The Morgan fingerprint density at radius 2 is 2.05 bits per heavy atom. The van der Waals surface area contributed by atoms with E-state index in [0.717, 1.165) is 18.1 Å². The van der Waals surface area contributed by atoms with Gasteiger partial charge in [-0.1, -0.05) is 18.2 Å². The number of benzene rings is 1. The number of hydrogen-bond donors (Lipinski definition) is 3. The van der Waals surface area contributed by atoms with Crippen molar-refractivity contribution in [2.45, 2.75) is 13.5 Å². The molecule has 0 aliphatic carbocycles. The highest BCUT2D eigenvalue weighted by molar-refractivity contribution is 5.92. The van der Waals surface area contributed by atoms with Gasteiger partial charge in [-0.2, -0.15) is 0 Å². The van der Waals surface area contributed by atoms with Crippen LogP contribution in [0.4, 0.5) is 0 Å². The number of nitrogens with one attached hydrogen (secondary N) is 2. The molecule has 19 heavy (non-hydrogen) atoms. The maximum Gasteiger partial charge on any atom is 0.248 e. The van der Waals surface area contributed by atoms with Gasteiger partial charge in [0.1, 0.15) is 0 Å². The fraction of sp³-hybridized carbons (Fsp3) is 0.286. The Morgan fingerprint density at radius 3 is 2.58 bits per heavy atom. The first-order valence-corrected chi connectivity index (χ1v) is 6.19. The third kappa shape index (κ3) is 5.25. The van der Waals surface area contributed by atoms with Gasteiger partial charge in [-0.25, -0.2) is 4.99 Å². The highest BCUT2D eigenvalue weighted by Gasteiger charge is 2.00. The van der Waals surface area contributed by atoms with Gasteiger partial charge in [-0.3, -0.25) is 4.79 Å². The van der Waals surface area contributed by atoms with E-state index in [1.54, 1.807) is 18.2 Å². The lowest BCUT2D eigenvalue weighted by Gasteiger charge is -2.09. The van der Waals surface area contributed by atoms with E-state index in [4.69, 9.17) is 5.73 Å². The first kappa shape index (κ1) is 14.8. The van der Waals surface area contributed by atoms with Gasteiger partial charge in [0.05, 0.1) is 6.54 Å². The van der Waals surface area contributed by atoms with Crippen molar-refractivity contribution in [2.75, 3.05) is 13.1 Å². The summed E-state index contributed by atoms with van der Waals surface area (Å²) >= 11 is 0. The largest absolute Gasteiger partial charge is 0.366 e. The summed E-state index contributed by atoms with van der Waals surface area (Å²) in [6.45, 7) is 7.64. The Morgan fingerprint density at radius 1 is 1.37 bits per heavy atom. The quantitative estimate of drug-likeness (QED) is 0.406. The standard InChI is InChI=1S/C14H20N4O/c1-3-9-17-14(16-4-2)18-10-11-5-7-12(8-6-11)13(15)19/h3,5-8H,1,4,9-10H2,2H3,(H2,15,19)(H2,16,17,18). The number of nitrogens with two attached hydrogens (primary N) is 1. The molecule has 5 nitrogen and oxygen atoms in total. The zero-order valence-corrected chi connectivity index (χ0v) is 11.1. The number of amides is 1. The topological polar surface area (TPSA) is 79.5 Å². The van der Waals surface area contributed by atoms with E-state index < -0.39 is 5.91 Å². The zero-order chi connectivity index (χ0) is 14.1. The summed E-state index contributed by atoms with van der Waals surface area (Å²) in [6.07, 6.45) is 1.77. The van der Waals surface area contributed by atoms with E-state index in [0.29, 0.717) is 18.7 Å². The Labute approximate surface area is 113 Å². The fourth-order valence-corrected chi connectivity index (χ4v) is 1.46. The predicted molar refractivity (Wildman–Crippen MR) is 78.0 cm³/mol. The van der Waals surface area contributed by atoms with Crippen LogP contribution in [0.3, 0.4) is 0 Å². The molecule has 4 N–H and O–H groups in total. The molecule has 0 bridgehead atoms. The summed E-state index contributed by atoms with van der Waals surface area (Å²) in [5.41, 5.74) is 6.70.